The first-order chi connectivity index (χ1) is 7.02. The maximum absolute atomic E-state index is 11.9. The van der Waals surface area contributed by atoms with Crippen LogP contribution in [0.2, 0.25) is 0 Å². The Labute approximate surface area is 101 Å². The number of alkyl halides is 1. The van der Waals surface area contributed by atoms with E-state index in [-0.39, 0.29) is 4.21 Å². The highest BCUT2D eigenvalue weighted by Gasteiger charge is 2.21. The van der Waals surface area contributed by atoms with Crippen LogP contribution < -0.4 is 0 Å². The molecule has 0 aliphatic carbocycles. The van der Waals surface area contributed by atoms with Gasteiger partial charge in [0.1, 0.15) is 15.2 Å². The molecule has 0 aromatic carbocycles. The second kappa shape index (κ2) is 5.07. The van der Waals surface area contributed by atoms with Crippen LogP contribution in [-0.4, -0.2) is 31.6 Å². The van der Waals surface area contributed by atoms with Crippen molar-refractivity contribution in [2.75, 3.05) is 18.9 Å². The Hall–Kier alpha value is -0.420. The van der Waals surface area contributed by atoms with Crippen LogP contribution in [0.3, 0.4) is 0 Å². The highest BCUT2D eigenvalue weighted by molar-refractivity contribution is 9.09. The van der Waals surface area contributed by atoms with E-state index < -0.39 is 10.0 Å². The zero-order valence-electron chi connectivity index (χ0n) is 7.97. The van der Waals surface area contributed by atoms with E-state index in [0.717, 1.165) is 11.3 Å². The van der Waals surface area contributed by atoms with Crippen molar-refractivity contribution in [2.45, 2.75) is 4.21 Å². The number of nitriles is 1. The summed E-state index contributed by atoms with van der Waals surface area (Å²) >= 11 is 4.17. The predicted molar refractivity (Wildman–Crippen MR) is 62.6 cm³/mol. The van der Waals surface area contributed by atoms with Gasteiger partial charge in [-0.05, 0) is 12.1 Å². The molecule has 1 aromatic rings. The molecule has 7 heteroatoms. The zero-order valence-corrected chi connectivity index (χ0v) is 11.2. The van der Waals surface area contributed by atoms with Crippen LogP contribution in [0.15, 0.2) is 16.3 Å². The third kappa shape index (κ3) is 2.78. The van der Waals surface area contributed by atoms with Gasteiger partial charge in [0.25, 0.3) is 10.0 Å². The molecular weight excluding hydrogens is 300 g/mol. The molecule has 0 atom stereocenters. The van der Waals surface area contributed by atoms with E-state index in [1.165, 1.54) is 23.5 Å². The molecule has 0 N–H and O–H groups in total. The van der Waals surface area contributed by atoms with Gasteiger partial charge in [0.15, 0.2) is 0 Å². The molecule has 1 heterocycles. The van der Waals surface area contributed by atoms with E-state index in [1.54, 1.807) is 0 Å². The molecule has 0 fully saturated rings. The maximum Gasteiger partial charge on any atom is 0.252 e. The van der Waals surface area contributed by atoms with E-state index >= 15 is 0 Å². The molecule has 1 aromatic heterocycles. The molecule has 0 spiro atoms. The molecular formula is C8H9BrN2O2S2. The summed E-state index contributed by atoms with van der Waals surface area (Å²) < 4.78 is 25.2. The molecule has 0 saturated heterocycles. The molecule has 0 radical (unpaired) electrons. The topological polar surface area (TPSA) is 61.2 Å². The van der Waals surface area contributed by atoms with Gasteiger partial charge in [-0.25, -0.2) is 8.42 Å². The maximum atomic E-state index is 11.9. The Balaban J connectivity index is 3.01. The van der Waals surface area contributed by atoms with E-state index in [9.17, 15) is 8.42 Å². The number of thiophene rings is 1. The zero-order chi connectivity index (χ0) is 11.5. The number of nitrogens with zero attached hydrogens (tertiary/aromatic N) is 2. The van der Waals surface area contributed by atoms with Crippen molar-refractivity contribution >= 4 is 37.3 Å². The van der Waals surface area contributed by atoms with E-state index in [2.05, 4.69) is 15.9 Å². The monoisotopic (exact) mass is 308 g/mol. The molecule has 0 saturated carbocycles. The minimum absolute atomic E-state index is 0.211. The molecule has 4 nitrogen and oxygen atoms in total. The van der Waals surface area contributed by atoms with Crippen molar-refractivity contribution in [2.24, 2.45) is 0 Å². The van der Waals surface area contributed by atoms with Gasteiger partial charge in [0.2, 0.25) is 0 Å². The number of hydrogen-bond acceptors (Lipinski definition) is 4. The summed E-state index contributed by atoms with van der Waals surface area (Å²) in [4.78, 5) is 0.404. The fraction of sp³-hybridized carbons (Fsp3) is 0.375. The minimum atomic E-state index is -3.42. The molecule has 15 heavy (non-hydrogen) atoms. The SMILES string of the molecule is CN(CCBr)S(=O)(=O)c1ccc(C#N)s1. The largest absolute Gasteiger partial charge is 0.252 e. The lowest BCUT2D eigenvalue weighted by Gasteiger charge is -2.13. The number of rotatable bonds is 4. The Morgan fingerprint density at radius 1 is 1.60 bits per heavy atom. The van der Waals surface area contributed by atoms with Crippen LogP contribution in [0.25, 0.3) is 0 Å². The second-order valence-electron chi connectivity index (χ2n) is 2.75. The van der Waals surface area contributed by atoms with Gasteiger partial charge >= 0.3 is 0 Å². The summed E-state index contributed by atoms with van der Waals surface area (Å²) in [5.74, 6) is 0. The number of sulfonamides is 1. The second-order valence-corrected chi connectivity index (χ2v) is 6.89. The first-order valence-corrected chi connectivity index (χ1v) is 7.42. The van der Waals surface area contributed by atoms with Crippen molar-refractivity contribution in [3.8, 4) is 6.07 Å². The smallest absolute Gasteiger partial charge is 0.206 e. The van der Waals surface area contributed by atoms with Gasteiger partial charge in [-0.15, -0.1) is 11.3 Å². The first-order valence-electron chi connectivity index (χ1n) is 4.04. The molecule has 0 unspecified atom stereocenters. The lowest BCUT2D eigenvalue weighted by molar-refractivity contribution is 0.491. The molecule has 0 bridgehead atoms. The van der Waals surface area contributed by atoms with Crippen molar-refractivity contribution in [1.29, 1.82) is 5.26 Å². The average molecular weight is 309 g/mol. The lowest BCUT2D eigenvalue weighted by Crippen LogP contribution is -2.27. The quantitative estimate of drug-likeness (QED) is 0.794. The third-order valence-corrected chi connectivity index (χ3v) is 5.42. The summed E-state index contributed by atoms with van der Waals surface area (Å²) in [6, 6.07) is 4.89. The van der Waals surface area contributed by atoms with E-state index in [0.29, 0.717) is 16.8 Å². The summed E-state index contributed by atoms with van der Waals surface area (Å²) in [5.41, 5.74) is 0. The van der Waals surface area contributed by atoms with Gasteiger partial charge in [-0.2, -0.15) is 9.57 Å². The molecule has 0 aliphatic rings. The molecule has 1 rings (SSSR count). The number of hydrogen-bond donors (Lipinski definition) is 0. The molecule has 0 amide bonds. The molecule has 82 valence electrons. The van der Waals surface area contributed by atoms with Gasteiger partial charge in [0.05, 0.1) is 0 Å². The van der Waals surface area contributed by atoms with Crippen LogP contribution in [0.4, 0.5) is 0 Å². The Kier molecular flexibility index (Phi) is 4.28. The Morgan fingerprint density at radius 2 is 2.27 bits per heavy atom. The van der Waals surface area contributed by atoms with Crippen LogP contribution >= 0.6 is 27.3 Å². The Bertz CT molecular complexity index is 475. The average Bonchev–Trinajstić information content (AvgIpc) is 2.66. The van der Waals surface area contributed by atoms with Crippen molar-refractivity contribution in [3.05, 3.63) is 17.0 Å². The number of halogens is 1. The fourth-order valence-corrected chi connectivity index (χ4v) is 4.16. The first kappa shape index (κ1) is 12.6. The van der Waals surface area contributed by atoms with E-state index in [1.807, 2.05) is 6.07 Å². The lowest BCUT2D eigenvalue weighted by atomic mass is 10.5. The predicted octanol–water partition coefficient (Wildman–Crippen LogP) is 1.64. The van der Waals surface area contributed by atoms with Crippen LogP contribution in [-0.2, 0) is 10.0 Å². The van der Waals surface area contributed by atoms with Gasteiger partial charge < -0.3 is 0 Å². The minimum Gasteiger partial charge on any atom is -0.206 e. The standard InChI is InChI=1S/C8H9BrN2O2S2/c1-11(5-4-9)15(12,13)8-3-2-7(6-10)14-8/h2-3H,4-5H2,1H3. The van der Waals surface area contributed by atoms with Gasteiger partial charge in [-0.1, -0.05) is 15.9 Å². The van der Waals surface area contributed by atoms with Crippen LogP contribution in [0, 0.1) is 11.3 Å². The summed E-state index contributed by atoms with van der Waals surface area (Å²) in [7, 11) is -1.90. The highest BCUT2D eigenvalue weighted by Crippen LogP contribution is 2.23. The van der Waals surface area contributed by atoms with Gasteiger partial charge in [0, 0.05) is 18.9 Å². The van der Waals surface area contributed by atoms with Gasteiger partial charge in [-0.3, -0.25) is 0 Å². The Morgan fingerprint density at radius 3 is 2.73 bits per heavy atom. The van der Waals surface area contributed by atoms with Crippen LogP contribution in [0.1, 0.15) is 4.88 Å². The third-order valence-electron chi connectivity index (χ3n) is 1.76. The summed E-state index contributed by atoms with van der Waals surface area (Å²) in [6.07, 6.45) is 0. The molecule has 0 aliphatic heterocycles. The summed E-state index contributed by atoms with van der Waals surface area (Å²) in [6.45, 7) is 0.405. The van der Waals surface area contributed by atoms with Crippen molar-refractivity contribution in [1.82, 2.24) is 4.31 Å². The highest BCUT2D eigenvalue weighted by atomic mass is 79.9. The van der Waals surface area contributed by atoms with Crippen molar-refractivity contribution < 1.29 is 8.42 Å². The van der Waals surface area contributed by atoms with E-state index in [4.69, 9.17) is 5.26 Å². The van der Waals surface area contributed by atoms with Crippen molar-refractivity contribution in [3.63, 3.8) is 0 Å². The normalized spacial score (nSPS) is 11.6. The summed E-state index contributed by atoms with van der Waals surface area (Å²) in [5, 5.41) is 9.19. The fourth-order valence-electron chi connectivity index (χ4n) is 0.912. The van der Waals surface area contributed by atoms with Crippen LogP contribution in [0.5, 0.6) is 0 Å².